The fourth-order valence-electron chi connectivity index (χ4n) is 2.05. The lowest BCUT2D eigenvalue weighted by Crippen LogP contribution is -2.21. The van der Waals surface area contributed by atoms with E-state index in [1.807, 2.05) is 32.0 Å². The van der Waals surface area contributed by atoms with E-state index in [0.717, 1.165) is 16.8 Å². The largest absolute Gasteiger partial charge is 0.326 e. The van der Waals surface area contributed by atoms with Gasteiger partial charge >= 0.3 is 0 Å². The third-order valence-electron chi connectivity index (χ3n) is 3.57. The van der Waals surface area contributed by atoms with Crippen LogP contribution in [0.4, 0.5) is 5.69 Å². The molecule has 1 aromatic rings. The zero-order valence-corrected chi connectivity index (χ0v) is 11.5. The van der Waals surface area contributed by atoms with Crippen LogP contribution in [0.3, 0.4) is 0 Å². The summed E-state index contributed by atoms with van der Waals surface area (Å²) in [6.45, 7) is 4.34. The summed E-state index contributed by atoms with van der Waals surface area (Å²) in [4.78, 5) is 12.0. The molecule has 1 amide bonds. The van der Waals surface area contributed by atoms with Crippen LogP contribution >= 0.6 is 0 Å². The highest BCUT2D eigenvalue weighted by Crippen LogP contribution is 2.37. The van der Waals surface area contributed by atoms with Crippen molar-refractivity contribution in [3.8, 4) is 11.8 Å². The molecule has 0 heterocycles. The van der Waals surface area contributed by atoms with E-state index >= 15 is 0 Å². The maximum Gasteiger partial charge on any atom is 0.227 e. The Labute approximate surface area is 114 Å². The summed E-state index contributed by atoms with van der Waals surface area (Å²) in [6, 6.07) is 5.80. The van der Waals surface area contributed by atoms with Gasteiger partial charge in [0.15, 0.2) is 0 Å². The minimum Gasteiger partial charge on any atom is -0.326 e. The molecule has 0 aliphatic heterocycles. The van der Waals surface area contributed by atoms with Crippen molar-refractivity contribution in [2.45, 2.75) is 26.7 Å². The molecule has 2 rings (SSSR count). The number of aryl methyl sites for hydroxylation is 1. The standard InChI is InChI=1S/C16H20N2O/c1-11-5-8-15(10-14(11)4-3-9-17)18-16(19)12(2)13-6-7-13/h5,8,10,12-13H,6-7,9,17H2,1-2H3,(H,18,19). The fraction of sp³-hybridized carbons (Fsp3) is 0.438. The summed E-state index contributed by atoms with van der Waals surface area (Å²) in [5.74, 6) is 6.64. The van der Waals surface area contributed by atoms with Gasteiger partial charge in [-0.1, -0.05) is 24.8 Å². The first-order valence-electron chi connectivity index (χ1n) is 6.72. The molecule has 0 spiro atoms. The average Bonchev–Trinajstić information content (AvgIpc) is 3.22. The first-order chi connectivity index (χ1) is 9.11. The lowest BCUT2D eigenvalue weighted by Gasteiger charge is -2.12. The highest BCUT2D eigenvalue weighted by molar-refractivity contribution is 5.92. The number of hydrogen-bond donors (Lipinski definition) is 2. The summed E-state index contributed by atoms with van der Waals surface area (Å²) in [5, 5.41) is 2.97. The molecule has 0 bridgehead atoms. The van der Waals surface area contributed by atoms with E-state index in [1.54, 1.807) is 0 Å². The van der Waals surface area contributed by atoms with E-state index in [4.69, 9.17) is 5.73 Å². The normalized spacial score (nSPS) is 15.3. The quantitative estimate of drug-likeness (QED) is 0.815. The summed E-state index contributed by atoms with van der Waals surface area (Å²) in [7, 11) is 0. The number of nitrogens with one attached hydrogen (secondary N) is 1. The predicted octanol–water partition coefficient (Wildman–Crippen LogP) is 2.29. The molecule has 0 aromatic heterocycles. The highest BCUT2D eigenvalue weighted by Gasteiger charge is 2.32. The maximum atomic E-state index is 12.0. The summed E-state index contributed by atoms with van der Waals surface area (Å²) >= 11 is 0. The molecular formula is C16H20N2O. The van der Waals surface area contributed by atoms with E-state index in [0.29, 0.717) is 12.5 Å². The SMILES string of the molecule is Cc1ccc(NC(=O)C(C)C2CC2)cc1C#CCN. The molecule has 0 saturated heterocycles. The number of nitrogens with two attached hydrogens (primary N) is 1. The van der Waals surface area contributed by atoms with Gasteiger partial charge in [0.05, 0.1) is 6.54 Å². The number of hydrogen-bond acceptors (Lipinski definition) is 2. The molecule has 1 unspecified atom stereocenters. The zero-order valence-electron chi connectivity index (χ0n) is 11.5. The Bertz CT molecular complexity index is 535. The van der Waals surface area contributed by atoms with Crippen molar-refractivity contribution in [1.29, 1.82) is 0 Å². The smallest absolute Gasteiger partial charge is 0.227 e. The van der Waals surface area contributed by atoms with E-state index in [1.165, 1.54) is 12.8 Å². The van der Waals surface area contributed by atoms with Crippen molar-refractivity contribution >= 4 is 11.6 Å². The molecule has 100 valence electrons. The third kappa shape index (κ3) is 3.59. The zero-order chi connectivity index (χ0) is 13.8. The Morgan fingerprint density at radius 2 is 2.26 bits per heavy atom. The second-order valence-electron chi connectivity index (χ2n) is 5.15. The van der Waals surface area contributed by atoms with Crippen LogP contribution in [0, 0.1) is 30.6 Å². The number of amides is 1. The molecule has 1 aliphatic carbocycles. The fourth-order valence-corrected chi connectivity index (χ4v) is 2.05. The van der Waals surface area contributed by atoms with Gasteiger partial charge in [-0.3, -0.25) is 4.79 Å². The van der Waals surface area contributed by atoms with E-state index < -0.39 is 0 Å². The van der Waals surface area contributed by atoms with Gasteiger partial charge in [-0.2, -0.15) is 0 Å². The van der Waals surface area contributed by atoms with Gasteiger partial charge in [0.1, 0.15) is 0 Å². The Morgan fingerprint density at radius 3 is 2.89 bits per heavy atom. The van der Waals surface area contributed by atoms with Crippen LogP contribution in [0.1, 0.15) is 30.9 Å². The van der Waals surface area contributed by atoms with Crippen LogP contribution < -0.4 is 11.1 Å². The number of benzene rings is 1. The molecule has 19 heavy (non-hydrogen) atoms. The lowest BCUT2D eigenvalue weighted by atomic mass is 10.0. The van der Waals surface area contributed by atoms with E-state index in [-0.39, 0.29) is 11.8 Å². The second kappa shape index (κ2) is 5.90. The number of rotatable bonds is 3. The number of carbonyl (C=O) groups is 1. The molecule has 0 radical (unpaired) electrons. The molecular weight excluding hydrogens is 236 g/mol. The molecule has 3 nitrogen and oxygen atoms in total. The van der Waals surface area contributed by atoms with Crippen molar-refractivity contribution < 1.29 is 4.79 Å². The van der Waals surface area contributed by atoms with Gasteiger partial charge in [-0.25, -0.2) is 0 Å². The molecule has 3 N–H and O–H groups in total. The minimum absolute atomic E-state index is 0.0971. The first kappa shape index (κ1) is 13.6. The van der Waals surface area contributed by atoms with Crippen molar-refractivity contribution in [2.75, 3.05) is 11.9 Å². The Morgan fingerprint density at radius 1 is 1.53 bits per heavy atom. The summed E-state index contributed by atoms with van der Waals surface area (Å²) < 4.78 is 0. The van der Waals surface area contributed by atoms with Gasteiger partial charge < -0.3 is 11.1 Å². The molecule has 1 aliphatic rings. The number of anilines is 1. The number of carbonyl (C=O) groups excluding carboxylic acids is 1. The lowest BCUT2D eigenvalue weighted by molar-refractivity contribution is -0.119. The first-order valence-corrected chi connectivity index (χ1v) is 6.72. The molecule has 3 heteroatoms. The molecule has 1 aromatic carbocycles. The van der Waals surface area contributed by atoms with Gasteiger partial charge in [0.25, 0.3) is 0 Å². The molecule has 1 fully saturated rings. The van der Waals surface area contributed by atoms with Crippen LogP contribution in [-0.4, -0.2) is 12.5 Å². The molecule has 1 atom stereocenters. The Kier molecular flexibility index (Phi) is 4.24. The van der Waals surface area contributed by atoms with Gasteiger partial charge in [-0.15, -0.1) is 0 Å². The van der Waals surface area contributed by atoms with Crippen molar-refractivity contribution in [3.05, 3.63) is 29.3 Å². The minimum atomic E-state index is 0.0971. The van der Waals surface area contributed by atoms with Gasteiger partial charge in [-0.05, 0) is 43.4 Å². The Balaban J connectivity index is 2.09. The van der Waals surface area contributed by atoms with Crippen LogP contribution in [0.15, 0.2) is 18.2 Å². The van der Waals surface area contributed by atoms with Crippen LogP contribution in [0.2, 0.25) is 0 Å². The van der Waals surface area contributed by atoms with Crippen LogP contribution in [-0.2, 0) is 4.79 Å². The predicted molar refractivity (Wildman–Crippen MR) is 77.6 cm³/mol. The van der Waals surface area contributed by atoms with Crippen LogP contribution in [0.25, 0.3) is 0 Å². The second-order valence-corrected chi connectivity index (χ2v) is 5.15. The van der Waals surface area contributed by atoms with Gasteiger partial charge in [0.2, 0.25) is 5.91 Å². The van der Waals surface area contributed by atoms with Crippen molar-refractivity contribution in [3.63, 3.8) is 0 Å². The van der Waals surface area contributed by atoms with E-state index in [9.17, 15) is 4.79 Å². The molecule has 1 saturated carbocycles. The van der Waals surface area contributed by atoms with E-state index in [2.05, 4.69) is 17.2 Å². The maximum absolute atomic E-state index is 12.0. The topological polar surface area (TPSA) is 55.1 Å². The average molecular weight is 256 g/mol. The van der Waals surface area contributed by atoms with Crippen LogP contribution in [0.5, 0.6) is 0 Å². The Hall–Kier alpha value is -1.79. The van der Waals surface area contributed by atoms with Crippen molar-refractivity contribution in [1.82, 2.24) is 0 Å². The van der Waals surface area contributed by atoms with Crippen molar-refractivity contribution in [2.24, 2.45) is 17.6 Å². The summed E-state index contributed by atoms with van der Waals surface area (Å²) in [6.07, 6.45) is 2.35. The highest BCUT2D eigenvalue weighted by atomic mass is 16.1. The monoisotopic (exact) mass is 256 g/mol. The van der Waals surface area contributed by atoms with Gasteiger partial charge in [0, 0.05) is 17.2 Å². The third-order valence-corrected chi connectivity index (χ3v) is 3.57. The summed E-state index contributed by atoms with van der Waals surface area (Å²) in [5.41, 5.74) is 8.20.